The summed E-state index contributed by atoms with van der Waals surface area (Å²) in [4.78, 5) is 31.7. The topological polar surface area (TPSA) is 58.4 Å². The molecule has 1 aliphatic heterocycles. The van der Waals surface area contributed by atoms with Gasteiger partial charge in [-0.05, 0) is 19.3 Å². The lowest BCUT2D eigenvalue weighted by Crippen LogP contribution is -2.43. The maximum Gasteiger partial charge on any atom is 0.225 e. The predicted octanol–water partition coefficient (Wildman–Crippen LogP) is 1.07. The van der Waals surface area contributed by atoms with Crippen LogP contribution < -0.4 is 0 Å². The van der Waals surface area contributed by atoms with Crippen molar-refractivity contribution in [2.75, 3.05) is 26.7 Å². The average Bonchev–Trinajstić information content (AvgIpc) is 2.92. The van der Waals surface area contributed by atoms with Gasteiger partial charge >= 0.3 is 0 Å². The Kier molecular flexibility index (Phi) is 5.57. The van der Waals surface area contributed by atoms with Crippen LogP contribution in [0.15, 0.2) is 12.4 Å². The molecule has 0 aliphatic carbocycles. The minimum atomic E-state index is 0.0637. The van der Waals surface area contributed by atoms with Gasteiger partial charge in [-0.25, -0.2) is 4.98 Å². The number of hydrogen-bond donors (Lipinski definition) is 0. The summed E-state index contributed by atoms with van der Waals surface area (Å²) in [5, 5.41) is 0. The van der Waals surface area contributed by atoms with Crippen molar-refractivity contribution >= 4 is 11.8 Å². The number of aromatic nitrogens is 2. The van der Waals surface area contributed by atoms with Crippen molar-refractivity contribution in [2.45, 2.75) is 32.6 Å². The number of rotatable bonds is 5. The number of amides is 2. The molecule has 0 atom stereocenters. The lowest BCUT2D eigenvalue weighted by molar-refractivity contribution is -0.139. The van der Waals surface area contributed by atoms with Gasteiger partial charge in [-0.1, -0.05) is 0 Å². The fourth-order valence-electron chi connectivity index (χ4n) is 2.97. The van der Waals surface area contributed by atoms with Gasteiger partial charge in [0, 0.05) is 65.4 Å². The van der Waals surface area contributed by atoms with E-state index in [1.165, 1.54) is 0 Å². The third-order valence-electron chi connectivity index (χ3n) is 4.48. The molecular formula is C16H26N4O2. The molecule has 22 heavy (non-hydrogen) atoms. The molecule has 2 heterocycles. The lowest BCUT2D eigenvalue weighted by atomic mass is 9.95. The quantitative estimate of drug-likeness (QED) is 0.817. The fraction of sp³-hybridized carbons (Fsp3) is 0.688. The van der Waals surface area contributed by atoms with Crippen LogP contribution in [0.1, 0.15) is 32.0 Å². The SMILES string of the molecule is CC(=O)N1CCC(C(=O)N(C)CCCc2nccn2C)CC1. The van der Waals surface area contributed by atoms with Gasteiger partial charge in [-0.2, -0.15) is 0 Å². The highest BCUT2D eigenvalue weighted by atomic mass is 16.2. The first-order valence-corrected chi connectivity index (χ1v) is 7.95. The molecule has 1 aromatic rings. The molecule has 6 nitrogen and oxygen atoms in total. The number of aryl methyl sites for hydroxylation is 2. The average molecular weight is 306 g/mol. The Morgan fingerprint density at radius 2 is 2.05 bits per heavy atom. The molecule has 0 spiro atoms. The molecule has 122 valence electrons. The lowest BCUT2D eigenvalue weighted by Gasteiger charge is -2.32. The largest absolute Gasteiger partial charge is 0.346 e. The van der Waals surface area contributed by atoms with Crippen LogP contribution in [-0.2, 0) is 23.1 Å². The van der Waals surface area contributed by atoms with Gasteiger partial charge in [-0.15, -0.1) is 0 Å². The minimum Gasteiger partial charge on any atom is -0.346 e. The van der Waals surface area contributed by atoms with Gasteiger partial charge in [0.2, 0.25) is 11.8 Å². The third-order valence-corrected chi connectivity index (χ3v) is 4.48. The highest BCUT2D eigenvalue weighted by Gasteiger charge is 2.27. The zero-order valence-electron chi connectivity index (χ0n) is 13.8. The van der Waals surface area contributed by atoms with E-state index in [4.69, 9.17) is 0 Å². The fourth-order valence-corrected chi connectivity index (χ4v) is 2.97. The van der Waals surface area contributed by atoms with E-state index in [1.807, 2.05) is 34.7 Å². The highest BCUT2D eigenvalue weighted by Crippen LogP contribution is 2.19. The van der Waals surface area contributed by atoms with Gasteiger partial charge in [0.05, 0.1) is 0 Å². The first-order chi connectivity index (χ1) is 10.5. The summed E-state index contributed by atoms with van der Waals surface area (Å²) < 4.78 is 2.01. The van der Waals surface area contributed by atoms with E-state index < -0.39 is 0 Å². The van der Waals surface area contributed by atoms with E-state index in [0.29, 0.717) is 13.1 Å². The summed E-state index contributed by atoms with van der Waals surface area (Å²) >= 11 is 0. The number of carbonyl (C=O) groups is 2. The van der Waals surface area contributed by atoms with Crippen LogP contribution in [0.5, 0.6) is 0 Å². The number of carbonyl (C=O) groups excluding carboxylic acids is 2. The maximum absolute atomic E-state index is 12.4. The van der Waals surface area contributed by atoms with E-state index in [2.05, 4.69) is 4.98 Å². The molecule has 1 fully saturated rings. The van der Waals surface area contributed by atoms with Crippen LogP contribution in [0, 0.1) is 5.92 Å². The second-order valence-corrected chi connectivity index (χ2v) is 6.10. The summed E-state index contributed by atoms with van der Waals surface area (Å²) in [6, 6.07) is 0. The Hall–Kier alpha value is -1.85. The molecule has 0 aromatic carbocycles. The molecule has 0 saturated carbocycles. The zero-order valence-corrected chi connectivity index (χ0v) is 13.8. The highest BCUT2D eigenvalue weighted by molar-refractivity contribution is 5.79. The Morgan fingerprint density at radius 1 is 1.36 bits per heavy atom. The summed E-state index contributed by atoms with van der Waals surface area (Å²) in [7, 11) is 3.86. The van der Waals surface area contributed by atoms with Crippen LogP contribution in [0.2, 0.25) is 0 Å². The van der Waals surface area contributed by atoms with Crippen LogP contribution in [0.3, 0.4) is 0 Å². The van der Waals surface area contributed by atoms with Crippen LogP contribution in [-0.4, -0.2) is 57.8 Å². The smallest absolute Gasteiger partial charge is 0.225 e. The number of nitrogens with zero attached hydrogens (tertiary/aromatic N) is 4. The van der Waals surface area contributed by atoms with Crippen molar-refractivity contribution in [1.82, 2.24) is 19.4 Å². The molecule has 2 rings (SSSR count). The minimum absolute atomic E-state index is 0.0637. The molecule has 0 N–H and O–H groups in total. The van der Waals surface area contributed by atoms with Gasteiger partial charge in [0.15, 0.2) is 0 Å². The Balaban J connectivity index is 1.73. The van der Waals surface area contributed by atoms with E-state index >= 15 is 0 Å². The monoisotopic (exact) mass is 306 g/mol. The van der Waals surface area contributed by atoms with E-state index in [1.54, 1.807) is 13.1 Å². The summed E-state index contributed by atoms with van der Waals surface area (Å²) in [5.74, 6) is 1.43. The molecule has 0 radical (unpaired) electrons. The Bertz CT molecular complexity index is 518. The zero-order chi connectivity index (χ0) is 16.1. The molecule has 6 heteroatoms. The van der Waals surface area contributed by atoms with Crippen molar-refractivity contribution in [3.8, 4) is 0 Å². The molecule has 2 amide bonds. The summed E-state index contributed by atoms with van der Waals surface area (Å²) in [6.07, 6.45) is 7.09. The summed E-state index contributed by atoms with van der Waals surface area (Å²) in [6.45, 7) is 3.74. The molecule has 0 bridgehead atoms. The predicted molar refractivity (Wildman–Crippen MR) is 84.1 cm³/mol. The van der Waals surface area contributed by atoms with E-state index in [-0.39, 0.29) is 17.7 Å². The molecule has 0 unspecified atom stereocenters. The van der Waals surface area contributed by atoms with Crippen LogP contribution in [0.4, 0.5) is 0 Å². The van der Waals surface area contributed by atoms with Crippen molar-refractivity contribution in [3.05, 3.63) is 18.2 Å². The van der Waals surface area contributed by atoms with Gasteiger partial charge in [0.1, 0.15) is 5.82 Å². The number of imidazole rings is 1. The molecule has 1 saturated heterocycles. The summed E-state index contributed by atoms with van der Waals surface area (Å²) in [5.41, 5.74) is 0. The molecule has 1 aliphatic rings. The van der Waals surface area contributed by atoms with Crippen LogP contribution in [0.25, 0.3) is 0 Å². The standard InChI is InChI=1S/C16H26N4O2/c1-13(21)20-10-6-14(7-11-20)16(22)19(3)9-4-5-15-17-8-12-18(15)2/h8,12,14H,4-7,9-11H2,1-3H3. The van der Waals surface area contributed by atoms with Crippen molar-refractivity contribution in [3.63, 3.8) is 0 Å². The van der Waals surface area contributed by atoms with Crippen molar-refractivity contribution in [1.29, 1.82) is 0 Å². The van der Waals surface area contributed by atoms with Crippen molar-refractivity contribution < 1.29 is 9.59 Å². The van der Waals surface area contributed by atoms with Crippen molar-refractivity contribution in [2.24, 2.45) is 13.0 Å². The van der Waals surface area contributed by atoms with Gasteiger partial charge in [-0.3, -0.25) is 9.59 Å². The molecule has 1 aromatic heterocycles. The molecular weight excluding hydrogens is 280 g/mol. The second kappa shape index (κ2) is 7.42. The second-order valence-electron chi connectivity index (χ2n) is 6.10. The van der Waals surface area contributed by atoms with Gasteiger partial charge < -0.3 is 14.4 Å². The number of piperidine rings is 1. The number of hydrogen-bond acceptors (Lipinski definition) is 3. The Morgan fingerprint density at radius 3 is 2.59 bits per heavy atom. The third kappa shape index (κ3) is 4.08. The first kappa shape index (κ1) is 16.5. The maximum atomic E-state index is 12.4. The number of likely N-dealkylation sites (tertiary alicyclic amines) is 1. The normalized spacial score (nSPS) is 15.9. The Labute approximate surface area is 132 Å². The first-order valence-electron chi connectivity index (χ1n) is 7.95. The van der Waals surface area contributed by atoms with E-state index in [0.717, 1.165) is 38.1 Å². The van der Waals surface area contributed by atoms with Gasteiger partial charge in [0.25, 0.3) is 0 Å². The van der Waals surface area contributed by atoms with Crippen LogP contribution >= 0.6 is 0 Å². The van der Waals surface area contributed by atoms with E-state index in [9.17, 15) is 9.59 Å².